The minimum absolute atomic E-state index is 0.351. The maximum absolute atomic E-state index is 5.20. The van der Waals surface area contributed by atoms with E-state index in [4.69, 9.17) is 11.2 Å². The fraction of sp³-hybridized carbons (Fsp3) is 0.429. The molecule has 0 aliphatic rings. The van der Waals surface area contributed by atoms with Crippen molar-refractivity contribution < 1.29 is 4.74 Å². The van der Waals surface area contributed by atoms with Gasteiger partial charge in [-0.25, -0.2) is 0 Å². The van der Waals surface area contributed by atoms with Crippen LogP contribution in [0.25, 0.3) is 0 Å². The molecule has 0 amide bonds. The molecular formula is C14H19NO. The molecule has 0 fully saturated rings. The summed E-state index contributed by atoms with van der Waals surface area (Å²) in [6.07, 6.45) is 7.06. The van der Waals surface area contributed by atoms with Gasteiger partial charge < -0.3 is 10.1 Å². The fourth-order valence-corrected chi connectivity index (χ4v) is 1.52. The number of nitrogens with one attached hydrogen (secondary N) is 1. The highest BCUT2D eigenvalue weighted by molar-refractivity contribution is 5.28. The van der Waals surface area contributed by atoms with Crippen molar-refractivity contribution in [2.75, 3.05) is 13.7 Å². The number of rotatable bonds is 6. The van der Waals surface area contributed by atoms with Crippen molar-refractivity contribution in [2.24, 2.45) is 0 Å². The summed E-state index contributed by atoms with van der Waals surface area (Å²) in [5.41, 5.74) is 1.27. The van der Waals surface area contributed by atoms with E-state index in [2.05, 4.69) is 30.3 Å². The Bertz CT molecular complexity index is 337. The maximum Gasteiger partial charge on any atom is 0.118 e. The van der Waals surface area contributed by atoms with Crippen LogP contribution in [0.2, 0.25) is 0 Å². The van der Waals surface area contributed by atoms with Crippen LogP contribution in [0.3, 0.4) is 0 Å². The number of ether oxygens (including phenoxy) is 1. The molecule has 0 aliphatic heterocycles. The van der Waals surface area contributed by atoms with Crippen molar-refractivity contribution in [3.05, 3.63) is 29.8 Å². The Labute approximate surface area is 98.0 Å². The zero-order valence-electron chi connectivity index (χ0n) is 9.99. The fourth-order valence-electron chi connectivity index (χ4n) is 1.52. The average molecular weight is 217 g/mol. The first-order valence-corrected chi connectivity index (χ1v) is 5.58. The zero-order valence-corrected chi connectivity index (χ0v) is 9.99. The third-order valence-electron chi connectivity index (χ3n) is 2.56. The van der Waals surface area contributed by atoms with E-state index in [1.165, 1.54) is 5.56 Å². The average Bonchev–Trinajstić information content (AvgIpc) is 2.34. The molecule has 16 heavy (non-hydrogen) atoms. The predicted molar refractivity (Wildman–Crippen MR) is 67.5 cm³/mol. The maximum atomic E-state index is 5.20. The van der Waals surface area contributed by atoms with E-state index in [1.54, 1.807) is 7.11 Å². The van der Waals surface area contributed by atoms with Gasteiger partial charge in [-0.05, 0) is 37.6 Å². The first-order valence-electron chi connectivity index (χ1n) is 5.58. The van der Waals surface area contributed by atoms with Gasteiger partial charge in [-0.15, -0.1) is 12.3 Å². The number of hydrogen-bond donors (Lipinski definition) is 1. The SMILES string of the molecule is C#CCCCNC(C)c1ccc(OC)cc1. The standard InChI is InChI=1S/C14H19NO/c1-4-5-6-11-15-12(2)13-7-9-14(16-3)10-8-13/h1,7-10,12,15H,5-6,11H2,2-3H3. The Morgan fingerprint density at radius 1 is 1.38 bits per heavy atom. The van der Waals surface area contributed by atoms with Crippen molar-refractivity contribution in [1.82, 2.24) is 5.32 Å². The second-order valence-corrected chi connectivity index (χ2v) is 3.76. The van der Waals surface area contributed by atoms with E-state index in [9.17, 15) is 0 Å². The van der Waals surface area contributed by atoms with E-state index in [-0.39, 0.29) is 0 Å². The third-order valence-corrected chi connectivity index (χ3v) is 2.56. The summed E-state index contributed by atoms with van der Waals surface area (Å²) in [4.78, 5) is 0. The Morgan fingerprint density at radius 2 is 2.06 bits per heavy atom. The number of unbranched alkanes of at least 4 members (excludes halogenated alkanes) is 1. The summed E-state index contributed by atoms with van der Waals surface area (Å²) in [5, 5.41) is 3.43. The first-order chi connectivity index (χ1) is 7.77. The van der Waals surface area contributed by atoms with Crippen LogP contribution in [0, 0.1) is 12.3 Å². The summed E-state index contributed by atoms with van der Waals surface area (Å²) in [6.45, 7) is 3.11. The molecule has 0 bridgehead atoms. The number of benzene rings is 1. The van der Waals surface area contributed by atoms with E-state index in [0.29, 0.717) is 6.04 Å². The molecule has 0 aliphatic carbocycles. The van der Waals surface area contributed by atoms with Gasteiger partial charge in [-0.1, -0.05) is 12.1 Å². The molecule has 86 valence electrons. The summed E-state index contributed by atoms with van der Waals surface area (Å²) >= 11 is 0. The molecule has 1 atom stereocenters. The van der Waals surface area contributed by atoms with Crippen molar-refractivity contribution >= 4 is 0 Å². The van der Waals surface area contributed by atoms with Gasteiger partial charge in [0.05, 0.1) is 7.11 Å². The van der Waals surface area contributed by atoms with Gasteiger partial charge in [0.1, 0.15) is 5.75 Å². The highest BCUT2D eigenvalue weighted by atomic mass is 16.5. The lowest BCUT2D eigenvalue weighted by Gasteiger charge is -2.14. The van der Waals surface area contributed by atoms with Crippen LogP contribution in [0.4, 0.5) is 0 Å². The van der Waals surface area contributed by atoms with Gasteiger partial charge in [0.2, 0.25) is 0 Å². The Hall–Kier alpha value is -1.46. The molecule has 0 saturated carbocycles. The van der Waals surface area contributed by atoms with Crippen LogP contribution >= 0.6 is 0 Å². The van der Waals surface area contributed by atoms with Crippen LogP contribution in [0.1, 0.15) is 31.4 Å². The van der Waals surface area contributed by atoms with Crippen molar-refractivity contribution in [1.29, 1.82) is 0 Å². The molecule has 1 rings (SSSR count). The molecule has 1 aromatic carbocycles. The van der Waals surface area contributed by atoms with Gasteiger partial charge in [0, 0.05) is 12.5 Å². The number of hydrogen-bond acceptors (Lipinski definition) is 2. The minimum atomic E-state index is 0.351. The Kier molecular flexibility index (Phi) is 5.45. The van der Waals surface area contributed by atoms with Gasteiger partial charge in [-0.2, -0.15) is 0 Å². The van der Waals surface area contributed by atoms with Gasteiger partial charge in [0.15, 0.2) is 0 Å². The molecule has 0 radical (unpaired) electrons. The van der Waals surface area contributed by atoms with Crippen molar-refractivity contribution in [3.8, 4) is 18.1 Å². The largest absolute Gasteiger partial charge is 0.497 e. The van der Waals surface area contributed by atoms with Crippen LogP contribution in [0.5, 0.6) is 5.75 Å². The predicted octanol–water partition coefficient (Wildman–Crippen LogP) is 2.76. The van der Waals surface area contributed by atoms with E-state index < -0.39 is 0 Å². The topological polar surface area (TPSA) is 21.3 Å². The van der Waals surface area contributed by atoms with Gasteiger partial charge in [0.25, 0.3) is 0 Å². The zero-order chi connectivity index (χ0) is 11.8. The van der Waals surface area contributed by atoms with Crippen LogP contribution in [-0.2, 0) is 0 Å². The molecule has 0 aromatic heterocycles. The summed E-state index contributed by atoms with van der Waals surface area (Å²) in [6, 6.07) is 8.47. The van der Waals surface area contributed by atoms with Gasteiger partial charge >= 0.3 is 0 Å². The second kappa shape index (κ2) is 6.92. The molecule has 1 unspecified atom stereocenters. The summed E-state index contributed by atoms with van der Waals surface area (Å²) in [7, 11) is 1.68. The van der Waals surface area contributed by atoms with E-state index >= 15 is 0 Å². The lowest BCUT2D eigenvalue weighted by Crippen LogP contribution is -2.19. The monoisotopic (exact) mass is 217 g/mol. The van der Waals surface area contributed by atoms with E-state index in [1.807, 2.05) is 12.1 Å². The molecular weight excluding hydrogens is 198 g/mol. The van der Waals surface area contributed by atoms with Gasteiger partial charge in [-0.3, -0.25) is 0 Å². The highest BCUT2D eigenvalue weighted by Gasteiger charge is 2.03. The summed E-state index contributed by atoms with van der Waals surface area (Å²) in [5.74, 6) is 3.53. The quantitative estimate of drug-likeness (QED) is 0.584. The molecule has 0 heterocycles. The Morgan fingerprint density at radius 3 is 2.62 bits per heavy atom. The van der Waals surface area contributed by atoms with Crippen molar-refractivity contribution in [2.45, 2.75) is 25.8 Å². The minimum Gasteiger partial charge on any atom is -0.497 e. The van der Waals surface area contributed by atoms with E-state index in [0.717, 1.165) is 25.1 Å². The van der Waals surface area contributed by atoms with Crippen LogP contribution in [0.15, 0.2) is 24.3 Å². The molecule has 1 aromatic rings. The molecule has 1 N–H and O–H groups in total. The molecule has 2 nitrogen and oxygen atoms in total. The summed E-state index contributed by atoms with van der Waals surface area (Å²) < 4.78 is 5.12. The second-order valence-electron chi connectivity index (χ2n) is 3.76. The molecule has 2 heteroatoms. The smallest absolute Gasteiger partial charge is 0.118 e. The van der Waals surface area contributed by atoms with Crippen LogP contribution < -0.4 is 10.1 Å². The number of methoxy groups -OCH3 is 1. The lowest BCUT2D eigenvalue weighted by atomic mass is 10.1. The molecule has 0 spiro atoms. The third kappa shape index (κ3) is 3.96. The first kappa shape index (κ1) is 12.6. The van der Waals surface area contributed by atoms with Crippen LogP contribution in [-0.4, -0.2) is 13.7 Å². The lowest BCUT2D eigenvalue weighted by molar-refractivity contribution is 0.414. The molecule has 0 saturated heterocycles. The Balaban J connectivity index is 2.40. The highest BCUT2D eigenvalue weighted by Crippen LogP contribution is 2.16. The normalized spacial score (nSPS) is 11.8. The number of terminal acetylenes is 1. The van der Waals surface area contributed by atoms with Crippen molar-refractivity contribution in [3.63, 3.8) is 0 Å².